The number of rotatable bonds is 9. The van der Waals surface area contributed by atoms with E-state index < -0.39 is 0 Å². The van der Waals surface area contributed by atoms with E-state index in [1.54, 1.807) is 0 Å². The molecule has 0 aromatic heterocycles. The molecule has 2 heteroatoms. The Morgan fingerprint density at radius 1 is 1.33 bits per heavy atom. The monoisotopic (exact) mass is 211 g/mol. The van der Waals surface area contributed by atoms with Crippen molar-refractivity contribution >= 4 is 5.78 Å². The molecule has 0 radical (unpaired) electrons. The van der Waals surface area contributed by atoms with Crippen molar-refractivity contribution in [2.24, 2.45) is 5.92 Å². The van der Waals surface area contributed by atoms with Crippen LogP contribution in [0.3, 0.4) is 0 Å². The Morgan fingerprint density at radius 3 is 2.67 bits per heavy atom. The van der Waals surface area contributed by atoms with Crippen LogP contribution in [0.2, 0.25) is 0 Å². The largest absolute Gasteiger partial charge is 0.299 e. The summed E-state index contributed by atoms with van der Waals surface area (Å²) in [5.41, 5.74) is 0. The standard InChI is InChI=1S/C13H25NO/c1-3-4-7-13(15)11-14(2)10-5-6-12-8-9-12/h12H,3-11H2,1-2H3. The van der Waals surface area contributed by atoms with Crippen molar-refractivity contribution in [3.8, 4) is 0 Å². The van der Waals surface area contributed by atoms with Crippen molar-refractivity contribution in [1.82, 2.24) is 4.90 Å². The first-order valence-corrected chi connectivity index (χ1v) is 6.42. The molecule has 0 amide bonds. The number of hydrogen-bond donors (Lipinski definition) is 0. The third-order valence-electron chi connectivity index (χ3n) is 3.10. The maximum atomic E-state index is 11.5. The summed E-state index contributed by atoms with van der Waals surface area (Å²) in [6.07, 6.45) is 8.46. The van der Waals surface area contributed by atoms with Gasteiger partial charge >= 0.3 is 0 Å². The van der Waals surface area contributed by atoms with Gasteiger partial charge in [0.05, 0.1) is 6.54 Å². The Labute approximate surface area is 94.0 Å². The predicted octanol–water partition coefficient (Wildman–Crippen LogP) is 2.87. The van der Waals surface area contributed by atoms with Crippen LogP contribution in [0.25, 0.3) is 0 Å². The van der Waals surface area contributed by atoms with Gasteiger partial charge in [0.1, 0.15) is 5.78 Å². The van der Waals surface area contributed by atoms with Crippen molar-refractivity contribution in [2.75, 3.05) is 20.1 Å². The van der Waals surface area contributed by atoms with Crippen molar-refractivity contribution in [2.45, 2.75) is 51.9 Å². The molecule has 15 heavy (non-hydrogen) atoms. The molecule has 1 aliphatic rings. The lowest BCUT2D eigenvalue weighted by molar-refractivity contribution is -0.120. The summed E-state index contributed by atoms with van der Waals surface area (Å²) >= 11 is 0. The van der Waals surface area contributed by atoms with Gasteiger partial charge in [-0.3, -0.25) is 9.69 Å². The average molecular weight is 211 g/mol. The van der Waals surface area contributed by atoms with Crippen molar-refractivity contribution in [3.63, 3.8) is 0 Å². The van der Waals surface area contributed by atoms with E-state index in [9.17, 15) is 4.79 Å². The van der Waals surface area contributed by atoms with Gasteiger partial charge in [-0.05, 0) is 38.8 Å². The van der Waals surface area contributed by atoms with Gasteiger partial charge in [0.25, 0.3) is 0 Å². The first-order valence-electron chi connectivity index (χ1n) is 6.42. The lowest BCUT2D eigenvalue weighted by Crippen LogP contribution is -2.26. The quantitative estimate of drug-likeness (QED) is 0.584. The molecular weight excluding hydrogens is 186 g/mol. The van der Waals surface area contributed by atoms with E-state index in [0.717, 1.165) is 31.7 Å². The second-order valence-electron chi connectivity index (χ2n) is 4.97. The number of nitrogens with zero attached hydrogens (tertiary/aromatic N) is 1. The lowest BCUT2D eigenvalue weighted by Gasteiger charge is -2.15. The molecule has 0 unspecified atom stereocenters. The third-order valence-corrected chi connectivity index (χ3v) is 3.10. The summed E-state index contributed by atoms with van der Waals surface area (Å²) in [7, 11) is 2.07. The maximum absolute atomic E-state index is 11.5. The molecule has 1 aliphatic carbocycles. The van der Waals surface area contributed by atoms with Crippen molar-refractivity contribution in [1.29, 1.82) is 0 Å². The number of carbonyl (C=O) groups is 1. The molecule has 2 nitrogen and oxygen atoms in total. The molecular formula is C13H25NO. The Balaban J connectivity index is 1.95. The van der Waals surface area contributed by atoms with E-state index in [1.165, 1.54) is 25.7 Å². The van der Waals surface area contributed by atoms with Crippen LogP contribution in [-0.2, 0) is 4.79 Å². The first-order chi connectivity index (χ1) is 7.22. The highest BCUT2D eigenvalue weighted by molar-refractivity contribution is 5.80. The van der Waals surface area contributed by atoms with E-state index in [1.807, 2.05) is 0 Å². The summed E-state index contributed by atoms with van der Waals surface area (Å²) < 4.78 is 0. The summed E-state index contributed by atoms with van der Waals surface area (Å²) in [4.78, 5) is 13.7. The Hall–Kier alpha value is -0.370. The SMILES string of the molecule is CCCCC(=O)CN(C)CCCC1CC1. The fourth-order valence-electron chi connectivity index (χ4n) is 1.89. The predicted molar refractivity (Wildman–Crippen MR) is 64.0 cm³/mol. The summed E-state index contributed by atoms with van der Waals surface area (Å²) in [6.45, 7) is 3.88. The van der Waals surface area contributed by atoms with E-state index in [-0.39, 0.29) is 0 Å². The molecule has 0 atom stereocenters. The van der Waals surface area contributed by atoms with Gasteiger partial charge in [-0.15, -0.1) is 0 Å². The highest BCUT2D eigenvalue weighted by Crippen LogP contribution is 2.33. The fraction of sp³-hybridized carbons (Fsp3) is 0.923. The molecule has 0 spiro atoms. The van der Waals surface area contributed by atoms with Gasteiger partial charge in [0.2, 0.25) is 0 Å². The number of carbonyl (C=O) groups excluding carboxylic acids is 1. The van der Waals surface area contributed by atoms with Crippen molar-refractivity contribution in [3.05, 3.63) is 0 Å². The van der Waals surface area contributed by atoms with Crippen LogP contribution in [0.1, 0.15) is 51.9 Å². The zero-order chi connectivity index (χ0) is 11.1. The van der Waals surface area contributed by atoms with Crippen LogP contribution in [0.5, 0.6) is 0 Å². The molecule has 0 aromatic carbocycles. The van der Waals surface area contributed by atoms with Gasteiger partial charge in [-0.25, -0.2) is 0 Å². The van der Waals surface area contributed by atoms with Crippen LogP contribution in [0.4, 0.5) is 0 Å². The highest BCUT2D eigenvalue weighted by atomic mass is 16.1. The van der Waals surface area contributed by atoms with Crippen LogP contribution in [-0.4, -0.2) is 30.8 Å². The van der Waals surface area contributed by atoms with Crippen molar-refractivity contribution < 1.29 is 4.79 Å². The topological polar surface area (TPSA) is 20.3 Å². The molecule has 1 saturated carbocycles. The second-order valence-corrected chi connectivity index (χ2v) is 4.97. The normalized spacial score (nSPS) is 15.9. The summed E-state index contributed by atoms with van der Waals surface area (Å²) in [6, 6.07) is 0. The minimum Gasteiger partial charge on any atom is -0.299 e. The minimum absolute atomic E-state index is 0.408. The fourth-order valence-corrected chi connectivity index (χ4v) is 1.89. The Kier molecular flexibility index (Phi) is 5.92. The molecule has 1 fully saturated rings. The highest BCUT2D eigenvalue weighted by Gasteiger charge is 2.20. The Morgan fingerprint density at radius 2 is 2.07 bits per heavy atom. The van der Waals surface area contributed by atoms with Gasteiger partial charge in [0, 0.05) is 6.42 Å². The number of hydrogen-bond acceptors (Lipinski definition) is 2. The van der Waals surface area contributed by atoms with E-state index in [0.29, 0.717) is 12.3 Å². The zero-order valence-corrected chi connectivity index (χ0v) is 10.3. The van der Waals surface area contributed by atoms with Crippen LogP contribution in [0, 0.1) is 5.92 Å². The number of ketones is 1. The minimum atomic E-state index is 0.408. The molecule has 0 bridgehead atoms. The van der Waals surface area contributed by atoms with Crippen LogP contribution >= 0.6 is 0 Å². The van der Waals surface area contributed by atoms with Crippen LogP contribution in [0.15, 0.2) is 0 Å². The lowest BCUT2D eigenvalue weighted by atomic mass is 10.1. The third kappa shape index (κ3) is 6.67. The van der Waals surface area contributed by atoms with E-state index in [2.05, 4.69) is 18.9 Å². The van der Waals surface area contributed by atoms with Gasteiger partial charge in [-0.1, -0.05) is 26.2 Å². The number of unbranched alkanes of at least 4 members (excludes halogenated alkanes) is 1. The average Bonchev–Trinajstić information content (AvgIpc) is 2.98. The van der Waals surface area contributed by atoms with Gasteiger partial charge < -0.3 is 0 Å². The number of likely N-dealkylation sites (N-methyl/N-ethyl adjacent to an activating group) is 1. The van der Waals surface area contributed by atoms with Gasteiger partial charge in [0.15, 0.2) is 0 Å². The van der Waals surface area contributed by atoms with E-state index >= 15 is 0 Å². The first kappa shape index (κ1) is 12.7. The second kappa shape index (κ2) is 7.00. The Bertz CT molecular complexity index is 187. The summed E-state index contributed by atoms with van der Waals surface area (Å²) in [5, 5.41) is 0. The molecule has 0 aromatic rings. The maximum Gasteiger partial charge on any atom is 0.146 e. The van der Waals surface area contributed by atoms with Crippen LogP contribution < -0.4 is 0 Å². The molecule has 1 rings (SSSR count). The number of Topliss-reactive ketones (excluding diaryl/α,β-unsaturated/α-hetero) is 1. The summed E-state index contributed by atoms with van der Waals surface area (Å²) in [5.74, 6) is 1.43. The van der Waals surface area contributed by atoms with E-state index in [4.69, 9.17) is 0 Å². The molecule has 88 valence electrons. The zero-order valence-electron chi connectivity index (χ0n) is 10.3. The molecule has 0 saturated heterocycles. The molecule has 0 heterocycles. The smallest absolute Gasteiger partial charge is 0.146 e. The molecule has 0 aliphatic heterocycles. The molecule has 0 N–H and O–H groups in total. The van der Waals surface area contributed by atoms with Gasteiger partial charge in [-0.2, -0.15) is 0 Å².